The van der Waals surface area contributed by atoms with Gasteiger partial charge in [0, 0.05) is 34.9 Å². The summed E-state index contributed by atoms with van der Waals surface area (Å²) >= 11 is 0. The smallest absolute Gasteiger partial charge is 0.118 e. The third-order valence-corrected chi connectivity index (χ3v) is 4.89. The summed E-state index contributed by atoms with van der Waals surface area (Å²) in [6.07, 6.45) is 5.17. The molecule has 2 unspecified atom stereocenters. The van der Waals surface area contributed by atoms with Crippen molar-refractivity contribution in [1.82, 2.24) is 5.32 Å². The summed E-state index contributed by atoms with van der Waals surface area (Å²) in [7, 11) is 1.02. The number of ether oxygens (including phenoxy) is 1. The Kier molecular flexibility index (Phi) is 5.61. The first-order valence-corrected chi connectivity index (χ1v) is 9.01. The summed E-state index contributed by atoms with van der Waals surface area (Å²) in [5.74, 6) is 2.39. The molecule has 0 spiro atoms. The molecule has 1 aromatic rings. The zero-order chi connectivity index (χ0) is 14.5. The van der Waals surface area contributed by atoms with Crippen molar-refractivity contribution in [3.63, 3.8) is 0 Å². The second-order valence-electron chi connectivity index (χ2n) is 5.77. The Morgan fingerprint density at radius 2 is 2.00 bits per heavy atom. The van der Waals surface area contributed by atoms with E-state index in [1.807, 2.05) is 12.1 Å². The van der Waals surface area contributed by atoms with Crippen LogP contribution in [0.25, 0.3) is 0 Å². The van der Waals surface area contributed by atoms with Gasteiger partial charge in [-0.3, -0.25) is 4.21 Å². The van der Waals surface area contributed by atoms with Gasteiger partial charge in [-0.1, -0.05) is 12.1 Å². The van der Waals surface area contributed by atoms with Gasteiger partial charge >= 0.3 is 0 Å². The number of nitrogens with one attached hydrogen (secondary N) is 1. The van der Waals surface area contributed by atoms with Crippen LogP contribution >= 0.6 is 0 Å². The van der Waals surface area contributed by atoms with E-state index < -0.39 is 10.8 Å². The summed E-state index contributed by atoms with van der Waals surface area (Å²) in [6, 6.07) is 9.49. The van der Waals surface area contributed by atoms with Crippen LogP contribution in [0.1, 0.15) is 37.7 Å². The van der Waals surface area contributed by atoms with Crippen molar-refractivity contribution in [1.29, 1.82) is 0 Å². The van der Waals surface area contributed by atoms with Gasteiger partial charge in [-0.2, -0.15) is 0 Å². The first-order valence-electron chi connectivity index (χ1n) is 7.28. The van der Waals surface area contributed by atoms with Crippen LogP contribution in [0, 0.1) is 0 Å². The Morgan fingerprint density at radius 1 is 1.35 bits per heavy atom. The zero-order valence-electron chi connectivity index (χ0n) is 12.6. The lowest BCUT2D eigenvalue weighted by Gasteiger charge is -2.38. The van der Waals surface area contributed by atoms with Gasteiger partial charge in [0.05, 0.1) is 7.11 Å². The summed E-state index contributed by atoms with van der Waals surface area (Å²) < 4.78 is 16.3. The highest BCUT2D eigenvalue weighted by atomic mass is 32.2. The molecule has 0 heterocycles. The molecule has 0 amide bonds. The van der Waals surface area contributed by atoms with Crippen molar-refractivity contribution in [2.45, 2.75) is 44.2 Å². The van der Waals surface area contributed by atoms with Gasteiger partial charge in [0.2, 0.25) is 0 Å². The summed E-state index contributed by atoms with van der Waals surface area (Å²) in [5, 5.41) is 3.63. The molecular formula is C16H25NO2S. The van der Waals surface area contributed by atoms with Crippen molar-refractivity contribution in [2.75, 3.05) is 19.1 Å². The lowest BCUT2D eigenvalue weighted by molar-refractivity contribution is 0.267. The predicted molar refractivity (Wildman–Crippen MR) is 84.9 cm³/mol. The highest BCUT2D eigenvalue weighted by molar-refractivity contribution is 7.84. The van der Waals surface area contributed by atoms with E-state index >= 15 is 0 Å². The molecule has 112 valence electrons. The molecule has 0 aromatic heterocycles. The van der Waals surface area contributed by atoms with E-state index in [1.54, 1.807) is 13.4 Å². The fourth-order valence-electron chi connectivity index (χ4n) is 2.73. The van der Waals surface area contributed by atoms with Crippen LogP contribution in [0.4, 0.5) is 0 Å². The topological polar surface area (TPSA) is 38.3 Å². The Bertz CT molecular complexity index is 440. The highest BCUT2D eigenvalue weighted by Crippen LogP contribution is 2.37. The molecular weight excluding hydrogens is 270 g/mol. The molecule has 1 saturated carbocycles. The van der Waals surface area contributed by atoms with Gasteiger partial charge in [0.15, 0.2) is 0 Å². The van der Waals surface area contributed by atoms with E-state index in [9.17, 15) is 4.21 Å². The zero-order valence-corrected chi connectivity index (χ0v) is 13.4. The Labute approximate surface area is 124 Å². The SMILES string of the molecule is COc1ccc(C2CC(NC(C)CCS(C)=O)C2)cc1. The van der Waals surface area contributed by atoms with E-state index in [1.165, 1.54) is 18.4 Å². The minimum absolute atomic E-state index is 0.459. The number of benzene rings is 1. The molecule has 0 radical (unpaired) electrons. The van der Waals surface area contributed by atoms with Crippen LogP contribution in [0.3, 0.4) is 0 Å². The van der Waals surface area contributed by atoms with Crippen molar-refractivity contribution < 1.29 is 8.95 Å². The third kappa shape index (κ3) is 4.32. The van der Waals surface area contributed by atoms with Gasteiger partial charge in [-0.15, -0.1) is 0 Å². The van der Waals surface area contributed by atoms with Crippen molar-refractivity contribution >= 4 is 10.8 Å². The van der Waals surface area contributed by atoms with Crippen LogP contribution in [-0.4, -0.2) is 35.4 Å². The van der Waals surface area contributed by atoms with Crippen LogP contribution in [0.15, 0.2) is 24.3 Å². The number of rotatable bonds is 7. The highest BCUT2D eigenvalue weighted by Gasteiger charge is 2.30. The number of hydrogen-bond acceptors (Lipinski definition) is 3. The first kappa shape index (κ1) is 15.5. The van der Waals surface area contributed by atoms with E-state index in [0.29, 0.717) is 18.0 Å². The molecule has 2 atom stereocenters. The third-order valence-electron chi connectivity index (χ3n) is 4.08. The maximum absolute atomic E-state index is 11.1. The Morgan fingerprint density at radius 3 is 2.55 bits per heavy atom. The normalized spacial score (nSPS) is 24.8. The molecule has 2 rings (SSSR count). The lowest BCUT2D eigenvalue weighted by Crippen LogP contribution is -2.44. The Hall–Kier alpha value is -0.870. The second-order valence-corrected chi connectivity index (χ2v) is 7.33. The number of hydrogen-bond donors (Lipinski definition) is 1. The van der Waals surface area contributed by atoms with Gasteiger partial charge in [0.1, 0.15) is 5.75 Å². The molecule has 1 fully saturated rings. The molecule has 1 aliphatic rings. The average molecular weight is 295 g/mol. The maximum Gasteiger partial charge on any atom is 0.118 e. The van der Waals surface area contributed by atoms with Crippen LogP contribution in [0.5, 0.6) is 5.75 Å². The lowest BCUT2D eigenvalue weighted by atomic mass is 9.75. The van der Waals surface area contributed by atoms with Crippen LogP contribution < -0.4 is 10.1 Å². The quantitative estimate of drug-likeness (QED) is 0.840. The molecule has 0 aliphatic heterocycles. The summed E-state index contributed by atoms with van der Waals surface area (Å²) in [6.45, 7) is 2.19. The summed E-state index contributed by atoms with van der Waals surface area (Å²) in [4.78, 5) is 0. The van der Waals surface area contributed by atoms with Gasteiger partial charge in [0.25, 0.3) is 0 Å². The fourth-order valence-corrected chi connectivity index (χ4v) is 3.42. The summed E-state index contributed by atoms with van der Waals surface area (Å²) in [5.41, 5.74) is 1.41. The molecule has 0 bridgehead atoms. The minimum Gasteiger partial charge on any atom is -0.497 e. The molecule has 1 N–H and O–H groups in total. The van der Waals surface area contributed by atoms with Crippen molar-refractivity contribution in [3.05, 3.63) is 29.8 Å². The predicted octanol–water partition coefficient (Wildman–Crippen LogP) is 2.69. The van der Waals surface area contributed by atoms with Crippen molar-refractivity contribution in [2.24, 2.45) is 0 Å². The van der Waals surface area contributed by atoms with E-state index in [4.69, 9.17) is 4.74 Å². The van der Waals surface area contributed by atoms with Gasteiger partial charge < -0.3 is 10.1 Å². The monoisotopic (exact) mass is 295 g/mol. The molecule has 20 heavy (non-hydrogen) atoms. The van der Waals surface area contributed by atoms with Gasteiger partial charge in [-0.05, 0) is 49.8 Å². The van der Waals surface area contributed by atoms with E-state index in [0.717, 1.165) is 17.9 Å². The van der Waals surface area contributed by atoms with Crippen LogP contribution in [-0.2, 0) is 10.8 Å². The van der Waals surface area contributed by atoms with Gasteiger partial charge in [-0.25, -0.2) is 0 Å². The maximum atomic E-state index is 11.1. The van der Waals surface area contributed by atoms with E-state index in [2.05, 4.69) is 24.4 Å². The standard InChI is InChI=1S/C16H25NO2S/c1-12(8-9-20(3)18)17-15-10-14(11-15)13-4-6-16(19-2)7-5-13/h4-7,12,14-15,17H,8-11H2,1-3H3. The molecule has 4 heteroatoms. The fraction of sp³-hybridized carbons (Fsp3) is 0.625. The van der Waals surface area contributed by atoms with Crippen molar-refractivity contribution in [3.8, 4) is 5.75 Å². The van der Waals surface area contributed by atoms with Crippen LogP contribution in [0.2, 0.25) is 0 Å². The largest absolute Gasteiger partial charge is 0.497 e. The molecule has 3 nitrogen and oxygen atoms in total. The Balaban J connectivity index is 1.72. The molecule has 1 aromatic carbocycles. The molecule has 1 aliphatic carbocycles. The first-order chi connectivity index (χ1) is 9.58. The number of methoxy groups -OCH3 is 1. The second kappa shape index (κ2) is 7.23. The average Bonchev–Trinajstić information content (AvgIpc) is 2.40. The molecule has 0 saturated heterocycles. The minimum atomic E-state index is -0.677. The van der Waals surface area contributed by atoms with E-state index in [-0.39, 0.29) is 0 Å².